The molecule has 0 bridgehead atoms. The van der Waals surface area contributed by atoms with E-state index in [0.717, 1.165) is 47.1 Å². The van der Waals surface area contributed by atoms with Crippen LogP contribution in [0.4, 0.5) is 11.5 Å². The SMILES string of the molecule is Cc1cc(N(C)CCc2ccc(NS(C)(=O)=O)cc2)nc2cc(O)ccc12. The Hall–Kier alpha value is -2.80. The molecule has 7 heteroatoms. The van der Waals surface area contributed by atoms with E-state index in [1.165, 1.54) is 0 Å². The summed E-state index contributed by atoms with van der Waals surface area (Å²) in [5.41, 5.74) is 3.54. The van der Waals surface area contributed by atoms with Gasteiger partial charge in [-0.05, 0) is 54.8 Å². The van der Waals surface area contributed by atoms with Gasteiger partial charge in [0.2, 0.25) is 10.0 Å². The summed E-state index contributed by atoms with van der Waals surface area (Å²) < 4.78 is 25.0. The van der Waals surface area contributed by atoms with Crippen LogP contribution in [0.2, 0.25) is 0 Å². The zero-order chi connectivity index (χ0) is 19.6. The lowest BCUT2D eigenvalue weighted by molar-refractivity contribution is 0.476. The number of likely N-dealkylation sites (N-methyl/N-ethyl adjacent to an activating group) is 1. The summed E-state index contributed by atoms with van der Waals surface area (Å²) in [6, 6.07) is 14.6. The summed E-state index contributed by atoms with van der Waals surface area (Å²) in [4.78, 5) is 6.72. The Balaban J connectivity index is 1.70. The van der Waals surface area contributed by atoms with Crippen molar-refractivity contribution in [1.82, 2.24) is 4.98 Å². The molecule has 0 amide bonds. The molecule has 2 N–H and O–H groups in total. The number of aryl methyl sites for hydroxylation is 1. The Bertz CT molecular complexity index is 1060. The van der Waals surface area contributed by atoms with Crippen LogP contribution in [0.3, 0.4) is 0 Å². The Morgan fingerprint density at radius 1 is 1.11 bits per heavy atom. The number of aromatic hydroxyl groups is 1. The highest BCUT2D eigenvalue weighted by Crippen LogP contribution is 2.25. The summed E-state index contributed by atoms with van der Waals surface area (Å²) >= 11 is 0. The van der Waals surface area contributed by atoms with Crippen LogP contribution in [0.5, 0.6) is 5.75 Å². The van der Waals surface area contributed by atoms with Gasteiger partial charge in [0.25, 0.3) is 0 Å². The molecule has 0 aliphatic heterocycles. The Morgan fingerprint density at radius 3 is 2.48 bits per heavy atom. The largest absolute Gasteiger partial charge is 0.508 e. The molecule has 0 saturated carbocycles. The first-order chi connectivity index (χ1) is 12.7. The number of phenols is 1. The zero-order valence-electron chi connectivity index (χ0n) is 15.6. The van der Waals surface area contributed by atoms with E-state index in [1.54, 1.807) is 24.3 Å². The molecule has 0 radical (unpaired) electrons. The van der Waals surface area contributed by atoms with Crippen molar-refractivity contribution in [2.45, 2.75) is 13.3 Å². The average molecular weight is 385 g/mol. The van der Waals surface area contributed by atoms with E-state index in [4.69, 9.17) is 0 Å². The second-order valence-electron chi connectivity index (χ2n) is 6.74. The van der Waals surface area contributed by atoms with Crippen LogP contribution in [0.25, 0.3) is 10.9 Å². The fourth-order valence-electron chi connectivity index (χ4n) is 2.93. The molecule has 3 aromatic rings. The van der Waals surface area contributed by atoms with Crippen LogP contribution in [0, 0.1) is 6.92 Å². The van der Waals surface area contributed by atoms with E-state index >= 15 is 0 Å². The first kappa shape index (κ1) is 19.0. The number of hydrogen-bond donors (Lipinski definition) is 2. The fourth-order valence-corrected chi connectivity index (χ4v) is 3.50. The number of anilines is 2. The lowest BCUT2D eigenvalue weighted by Crippen LogP contribution is -2.21. The van der Waals surface area contributed by atoms with E-state index in [0.29, 0.717) is 5.69 Å². The van der Waals surface area contributed by atoms with Crippen LogP contribution in [0.15, 0.2) is 48.5 Å². The second kappa shape index (κ2) is 7.44. The minimum absolute atomic E-state index is 0.206. The van der Waals surface area contributed by atoms with Crippen LogP contribution in [0.1, 0.15) is 11.1 Å². The number of sulfonamides is 1. The lowest BCUT2D eigenvalue weighted by Gasteiger charge is -2.19. The predicted octanol–water partition coefficient (Wildman–Crippen LogP) is 3.30. The standard InChI is InChI=1S/C20H23N3O3S/c1-14-12-20(21-19-13-17(24)8-9-18(14)19)23(2)11-10-15-4-6-16(7-5-15)22-27(3,25)26/h4-9,12-13,22,24H,10-11H2,1-3H3. The molecule has 0 aliphatic rings. The molecule has 0 saturated heterocycles. The van der Waals surface area contributed by atoms with Gasteiger partial charge in [-0.25, -0.2) is 13.4 Å². The monoisotopic (exact) mass is 385 g/mol. The van der Waals surface area contributed by atoms with Gasteiger partial charge in [0, 0.05) is 30.7 Å². The van der Waals surface area contributed by atoms with Gasteiger partial charge in [0.1, 0.15) is 11.6 Å². The Kier molecular flexibility index (Phi) is 5.23. The third-order valence-corrected chi connectivity index (χ3v) is 4.98. The molecule has 2 aromatic carbocycles. The van der Waals surface area contributed by atoms with Gasteiger partial charge in [-0.1, -0.05) is 12.1 Å². The van der Waals surface area contributed by atoms with Gasteiger partial charge < -0.3 is 10.0 Å². The molecule has 0 spiro atoms. The van der Waals surface area contributed by atoms with Crippen LogP contribution < -0.4 is 9.62 Å². The average Bonchev–Trinajstić information content (AvgIpc) is 2.59. The van der Waals surface area contributed by atoms with Crippen LogP contribution >= 0.6 is 0 Å². The molecule has 0 aliphatic carbocycles. The molecule has 27 heavy (non-hydrogen) atoms. The lowest BCUT2D eigenvalue weighted by atomic mass is 10.1. The molecule has 0 unspecified atom stereocenters. The Labute approximate surface area is 159 Å². The first-order valence-electron chi connectivity index (χ1n) is 8.59. The van der Waals surface area contributed by atoms with Crippen LogP contribution in [-0.4, -0.2) is 38.4 Å². The zero-order valence-corrected chi connectivity index (χ0v) is 16.4. The molecule has 142 valence electrons. The summed E-state index contributed by atoms with van der Waals surface area (Å²) in [6.45, 7) is 2.79. The number of aromatic nitrogens is 1. The smallest absolute Gasteiger partial charge is 0.229 e. The van der Waals surface area contributed by atoms with Crippen molar-refractivity contribution in [2.24, 2.45) is 0 Å². The molecule has 1 aromatic heterocycles. The van der Waals surface area contributed by atoms with E-state index in [-0.39, 0.29) is 5.75 Å². The number of rotatable bonds is 6. The molecular formula is C20H23N3O3S. The molecule has 0 atom stereocenters. The number of hydrogen-bond acceptors (Lipinski definition) is 5. The number of benzene rings is 2. The second-order valence-corrected chi connectivity index (χ2v) is 8.49. The summed E-state index contributed by atoms with van der Waals surface area (Å²) in [5.74, 6) is 1.05. The van der Waals surface area contributed by atoms with Gasteiger partial charge in [0.05, 0.1) is 11.8 Å². The van der Waals surface area contributed by atoms with E-state index in [1.807, 2.05) is 38.2 Å². The van der Waals surface area contributed by atoms with Gasteiger partial charge in [-0.2, -0.15) is 0 Å². The van der Waals surface area contributed by atoms with E-state index in [2.05, 4.69) is 14.6 Å². The van der Waals surface area contributed by atoms with Crippen molar-refractivity contribution in [2.75, 3.05) is 29.5 Å². The molecule has 6 nitrogen and oxygen atoms in total. The number of phenolic OH excluding ortho intramolecular Hbond substituents is 1. The van der Waals surface area contributed by atoms with E-state index in [9.17, 15) is 13.5 Å². The summed E-state index contributed by atoms with van der Waals surface area (Å²) in [7, 11) is -1.28. The predicted molar refractivity (Wildman–Crippen MR) is 110 cm³/mol. The minimum Gasteiger partial charge on any atom is -0.508 e. The van der Waals surface area contributed by atoms with Crippen molar-refractivity contribution in [3.63, 3.8) is 0 Å². The number of nitrogens with one attached hydrogen (secondary N) is 1. The van der Waals surface area contributed by atoms with Crippen molar-refractivity contribution in [3.8, 4) is 5.75 Å². The molecule has 0 fully saturated rings. The van der Waals surface area contributed by atoms with Gasteiger partial charge in [0.15, 0.2) is 0 Å². The van der Waals surface area contributed by atoms with E-state index < -0.39 is 10.0 Å². The molecule has 1 heterocycles. The maximum atomic E-state index is 11.3. The normalized spacial score (nSPS) is 11.5. The molecular weight excluding hydrogens is 362 g/mol. The highest BCUT2D eigenvalue weighted by Gasteiger charge is 2.08. The van der Waals surface area contributed by atoms with Crippen LogP contribution in [-0.2, 0) is 16.4 Å². The highest BCUT2D eigenvalue weighted by molar-refractivity contribution is 7.92. The number of nitrogens with zero attached hydrogens (tertiary/aromatic N) is 2. The third-order valence-electron chi connectivity index (χ3n) is 4.37. The van der Waals surface area contributed by atoms with Crippen molar-refractivity contribution >= 4 is 32.4 Å². The maximum Gasteiger partial charge on any atom is 0.229 e. The maximum absolute atomic E-state index is 11.3. The highest BCUT2D eigenvalue weighted by atomic mass is 32.2. The number of fused-ring (bicyclic) bond motifs is 1. The molecule has 3 rings (SSSR count). The van der Waals surface area contributed by atoms with Gasteiger partial charge in [-0.15, -0.1) is 0 Å². The summed E-state index contributed by atoms with van der Waals surface area (Å²) in [5, 5.41) is 10.7. The van der Waals surface area contributed by atoms with Gasteiger partial charge in [-0.3, -0.25) is 4.72 Å². The van der Waals surface area contributed by atoms with Crippen molar-refractivity contribution in [3.05, 3.63) is 59.7 Å². The fraction of sp³-hybridized carbons (Fsp3) is 0.250. The Morgan fingerprint density at radius 2 is 1.81 bits per heavy atom. The number of pyridine rings is 1. The topological polar surface area (TPSA) is 82.5 Å². The quantitative estimate of drug-likeness (QED) is 0.680. The summed E-state index contributed by atoms with van der Waals surface area (Å²) in [6.07, 6.45) is 1.93. The first-order valence-corrected chi connectivity index (χ1v) is 10.5. The third kappa shape index (κ3) is 4.89. The van der Waals surface area contributed by atoms with Gasteiger partial charge >= 0.3 is 0 Å². The van der Waals surface area contributed by atoms with Crippen molar-refractivity contribution in [1.29, 1.82) is 0 Å². The van der Waals surface area contributed by atoms with Crippen molar-refractivity contribution < 1.29 is 13.5 Å². The minimum atomic E-state index is -3.26.